The van der Waals surface area contributed by atoms with Gasteiger partial charge in [0.05, 0.1) is 31.8 Å². The minimum Gasteiger partial charge on any atom is -0.466 e. The number of thiophene rings is 1. The molecule has 0 bridgehead atoms. The highest BCUT2D eigenvalue weighted by Crippen LogP contribution is 2.42. The van der Waals surface area contributed by atoms with Crippen LogP contribution in [-0.4, -0.2) is 39.4 Å². The van der Waals surface area contributed by atoms with Gasteiger partial charge in [-0.2, -0.15) is 5.26 Å². The molecule has 0 aromatic carbocycles. The summed E-state index contributed by atoms with van der Waals surface area (Å²) in [6.07, 6.45) is 0. The van der Waals surface area contributed by atoms with Gasteiger partial charge in [0, 0.05) is 15.3 Å². The molecule has 0 unspecified atom stereocenters. The molecule has 0 amide bonds. The van der Waals surface area contributed by atoms with Crippen LogP contribution in [-0.2, 0) is 25.5 Å². The number of carbonyl (C=O) groups excluding carboxylic acids is 1. The number of nitrogens with zero attached hydrogens (tertiary/aromatic N) is 1. The van der Waals surface area contributed by atoms with Gasteiger partial charge in [-0.3, -0.25) is 0 Å². The van der Waals surface area contributed by atoms with Crippen molar-refractivity contribution in [2.75, 3.05) is 33.4 Å². The molecular formula is C19H24N3O4S+. The van der Waals surface area contributed by atoms with Gasteiger partial charge in [0.25, 0.3) is 0 Å². The van der Waals surface area contributed by atoms with Gasteiger partial charge in [0.2, 0.25) is 5.88 Å². The lowest BCUT2D eigenvalue weighted by atomic mass is 9.87. The number of hydrogen-bond donors (Lipinski definition) is 2. The molecule has 8 heteroatoms. The molecule has 1 fully saturated rings. The highest BCUT2D eigenvalue weighted by molar-refractivity contribution is 7.12. The Labute approximate surface area is 162 Å². The van der Waals surface area contributed by atoms with Gasteiger partial charge in [0.1, 0.15) is 37.0 Å². The number of hydrogen-bond acceptors (Lipinski definition) is 7. The molecule has 1 saturated heterocycles. The fourth-order valence-corrected chi connectivity index (χ4v) is 4.68. The molecule has 1 atom stereocenters. The van der Waals surface area contributed by atoms with E-state index in [0.717, 1.165) is 37.7 Å². The number of morpholine rings is 1. The Morgan fingerprint density at radius 3 is 2.78 bits per heavy atom. The summed E-state index contributed by atoms with van der Waals surface area (Å²) >= 11 is 1.58. The first-order valence-electron chi connectivity index (χ1n) is 8.83. The van der Waals surface area contributed by atoms with Crippen LogP contribution in [0.4, 0.5) is 0 Å². The third kappa shape index (κ3) is 3.86. The van der Waals surface area contributed by atoms with E-state index in [1.54, 1.807) is 18.3 Å². The average molecular weight is 390 g/mol. The first kappa shape index (κ1) is 19.4. The van der Waals surface area contributed by atoms with Crippen LogP contribution in [0.15, 0.2) is 28.9 Å². The SMILES string of the molecule is COC(=O)C1=C(C)OC(N)=C(C#N)[C@H]1c1cc(C[NH+]2CCOCC2)c(C)s1. The highest BCUT2D eigenvalue weighted by Gasteiger charge is 2.37. The molecule has 0 spiro atoms. The quantitative estimate of drug-likeness (QED) is 0.736. The van der Waals surface area contributed by atoms with Gasteiger partial charge in [-0.15, -0.1) is 11.3 Å². The van der Waals surface area contributed by atoms with Crippen molar-refractivity contribution in [3.63, 3.8) is 0 Å². The topological polar surface area (TPSA) is 99.0 Å². The van der Waals surface area contributed by atoms with Crippen molar-refractivity contribution < 1.29 is 23.9 Å². The molecular weight excluding hydrogens is 366 g/mol. The van der Waals surface area contributed by atoms with E-state index < -0.39 is 11.9 Å². The number of nitrogens with two attached hydrogens (primary N) is 1. The highest BCUT2D eigenvalue weighted by atomic mass is 32.1. The van der Waals surface area contributed by atoms with E-state index in [1.165, 1.54) is 22.5 Å². The zero-order valence-corrected chi connectivity index (χ0v) is 16.6. The summed E-state index contributed by atoms with van der Waals surface area (Å²) in [5.41, 5.74) is 7.73. The molecule has 7 nitrogen and oxygen atoms in total. The van der Waals surface area contributed by atoms with E-state index in [-0.39, 0.29) is 11.5 Å². The second-order valence-electron chi connectivity index (χ2n) is 6.66. The Bertz CT molecular complexity index is 844. The van der Waals surface area contributed by atoms with Crippen LogP contribution < -0.4 is 10.6 Å². The number of quaternary nitrogens is 1. The zero-order valence-electron chi connectivity index (χ0n) is 15.8. The summed E-state index contributed by atoms with van der Waals surface area (Å²) in [7, 11) is 1.32. The van der Waals surface area contributed by atoms with Crippen LogP contribution in [0.2, 0.25) is 0 Å². The van der Waals surface area contributed by atoms with Crippen LogP contribution in [0.1, 0.15) is 28.2 Å². The molecule has 0 saturated carbocycles. The predicted octanol–water partition coefficient (Wildman–Crippen LogP) is 0.726. The van der Waals surface area contributed by atoms with E-state index in [2.05, 4.69) is 19.1 Å². The standard InChI is InChI=1S/C19H23N3O4S/c1-11-16(19(23)24-3)17(14(9-20)18(21)26-11)15-8-13(12(2)27-15)10-22-4-6-25-7-5-22/h8,17H,4-7,10,21H2,1-3H3/p+1/t17-/m0/s1. The van der Waals surface area contributed by atoms with Crippen molar-refractivity contribution in [3.05, 3.63) is 44.2 Å². The van der Waals surface area contributed by atoms with E-state index >= 15 is 0 Å². The van der Waals surface area contributed by atoms with Crippen LogP contribution >= 0.6 is 11.3 Å². The minimum atomic E-state index is -0.562. The number of nitrogens with one attached hydrogen (secondary N) is 1. The maximum absolute atomic E-state index is 12.4. The zero-order chi connectivity index (χ0) is 19.6. The van der Waals surface area contributed by atoms with Crippen LogP contribution in [0, 0.1) is 18.3 Å². The molecule has 0 aliphatic carbocycles. The smallest absolute Gasteiger partial charge is 0.338 e. The molecule has 2 aliphatic heterocycles. The Morgan fingerprint density at radius 1 is 1.44 bits per heavy atom. The largest absolute Gasteiger partial charge is 0.466 e. The lowest BCUT2D eigenvalue weighted by Gasteiger charge is -2.25. The van der Waals surface area contributed by atoms with Gasteiger partial charge in [0.15, 0.2) is 0 Å². The van der Waals surface area contributed by atoms with Crippen molar-refractivity contribution in [2.24, 2.45) is 5.73 Å². The number of ether oxygens (including phenoxy) is 3. The lowest BCUT2D eigenvalue weighted by molar-refractivity contribution is -0.921. The summed E-state index contributed by atoms with van der Waals surface area (Å²) in [6.45, 7) is 8.13. The monoisotopic (exact) mass is 390 g/mol. The fraction of sp³-hybridized carbons (Fsp3) is 0.474. The second kappa shape index (κ2) is 8.13. The van der Waals surface area contributed by atoms with Crippen molar-refractivity contribution in [3.8, 4) is 6.07 Å². The first-order valence-corrected chi connectivity index (χ1v) is 9.65. The third-order valence-corrected chi connectivity index (χ3v) is 6.13. The van der Waals surface area contributed by atoms with E-state index in [1.807, 2.05) is 0 Å². The number of rotatable bonds is 4. The molecule has 144 valence electrons. The molecule has 0 radical (unpaired) electrons. The molecule has 1 aromatic heterocycles. The molecule has 2 aliphatic rings. The summed E-state index contributed by atoms with van der Waals surface area (Å²) in [5, 5.41) is 9.63. The first-order chi connectivity index (χ1) is 13.0. The van der Waals surface area contributed by atoms with Crippen molar-refractivity contribution >= 4 is 17.3 Å². The second-order valence-corrected chi connectivity index (χ2v) is 7.94. The summed E-state index contributed by atoms with van der Waals surface area (Å²) in [5.74, 6) is -0.661. The maximum atomic E-state index is 12.4. The number of carbonyl (C=O) groups is 1. The number of aryl methyl sites for hydroxylation is 1. The molecule has 27 heavy (non-hydrogen) atoms. The van der Waals surface area contributed by atoms with E-state index in [4.69, 9.17) is 19.9 Å². The maximum Gasteiger partial charge on any atom is 0.338 e. The van der Waals surface area contributed by atoms with Gasteiger partial charge in [-0.25, -0.2) is 4.79 Å². The number of nitriles is 1. The van der Waals surface area contributed by atoms with Gasteiger partial charge >= 0.3 is 5.97 Å². The molecule has 1 aromatic rings. The van der Waals surface area contributed by atoms with Crippen molar-refractivity contribution in [2.45, 2.75) is 26.3 Å². The van der Waals surface area contributed by atoms with Gasteiger partial charge < -0.3 is 24.8 Å². The molecule has 3 heterocycles. The normalized spacial score (nSPS) is 21.0. The average Bonchev–Trinajstić information content (AvgIpc) is 3.01. The predicted molar refractivity (Wildman–Crippen MR) is 99.6 cm³/mol. The third-order valence-electron chi connectivity index (χ3n) is 4.98. The van der Waals surface area contributed by atoms with Gasteiger partial charge in [-0.05, 0) is 19.9 Å². The summed E-state index contributed by atoms with van der Waals surface area (Å²) < 4.78 is 15.8. The van der Waals surface area contributed by atoms with Crippen molar-refractivity contribution in [1.82, 2.24) is 0 Å². The molecule has 3 rings (SSSR count). The number of methoxy groups -OCH3 is 1. The minimum absolute atomic E-state index is 0.0408. The van der Waals surface area contributed by atoms with Crippen LogP contribution in [0.3, 0.4) is 0 Å². The van der Waals surface area contributed by atoms with Crippen LogP contribution in [0.25, 0.3) is 0 Å². The number of allylic oxidation sites excluding steroid dienone is 2. The lowest BCUT2D eigenvalue weighted by Crippen LogP contribution is -3.12. The fourth-order valence-electron chi connectivity index (χ4n) is 3.51. The van der Waals surface area contributed by atoms with Crippen molar-refractivity contribution in [1.29, 1.82) is 5.26 Å². The van der Waals surface area contributed by atoms with E-state index in [9.17, 15) is 10.1 Å². The van der Waals surface area contributed by atoms with Crippen LogP contribution in [0.5, 0.6) is 0 Å². The number of esters is 1. The Hall–Kier alpha value is -2.34. The Balaban J connectivity index is 1.98. The van der Waals surface area contributed by atoms with Gasteiger partial charge in [-0.1, -0.05) is 0 Å². The molecule has 3 N–H and O–H groups in total. The summed E-state index contributed by atoms with van der Waals surface area (Å²) in [4.78, 5) is 15.9. The van der Waals surface area contributed by atoms with E-state index in [0.29, 0.717) is 11.3 Å². The summed E-state index contributed by atoms with van der Waals surface area (Å²) in [6, 6.07) is 4.20. The Kier molecular flexibility index (Phi) is 5.85. The Morgan fingerprint density at radius 2 is 2.15 bits per heavy atom.